The average Bonchev–Trinajstić information content (AvgIpc) is 2.30. The molecule has 0 unspecified atom stereocenters. The van der Waals surface area contributed by atoms with E-state index in [0.717, 1.165) is 12.8 Å². The van der Waals surface area contributed by atoms with Gasteiger partial charge in [-0.05, 0) is 35.9 Å². The number of carbonyl (C=O) groups excluding carboxylic acids is 1. The van der Waals surface area contributed by atoms with Gasteiger partial charge in [-0.2, -0.15) is 0 Å². The number of ether oxygens (including phenoxy) is 2. The van der Waals surface area contributed by atoms with Gasteiger partial charge < -0.3 is 9.47 Å². The highest BCUT2D eigenvalue weighted by molar-refractivity contribution is 5.64. The smallest absolute Gasteiger partial charge is 0.434 e. The Hall–Kier alpha value is -1.91. The van der Waals surface area contributed by atoms with Gasteiger partial charge in [0.05, 0.1) is 6.61 Å². The summed E-state index contributed by atoms with van der Waals surface area (Å²) in [6.07, 6.45) is 1.02. The lowest BCUT2D eigenvalue weighted by Gasteiger charge is -2.04. The molecule has 0 heterocycles. The number of nitrogens with zero attached hydrogens (tertiary/aromatic N) is 1. The summed E-state index contributed by atoms with van der Waals surface area (Å²) in [5, 5.41) is 2.73. The molecule has 5 heteroatoms. The minimum absolute atomic E-state index is 0.284. The van der Waals surface area contributed by atoms with E-state index in [-0.39, 0.29) is 5.69 Å². The maximum absolute atomic E-state index is 11.1. The molecule has 0 aromatic heterocycles. The van der Waals surface area contributed by atoms with Gasteiger partial charge in [0, 0.05) is 0 Å². The summed E-state index contributed by atoms with van der Waals surface area (Å²) in [7, 11) is 0. The van der Waals surface area contributed by atoms with Crippen molar-refractivity contribution in [2.24, 2.45) is 5.18 Å². The van der Waals surface area contributed by atoms with Crippen molar-refractivity contribution in [3.8, 4) is 5.75 Å². The maximum Gasteiger partial charge on any atom is 0.513 e. The fourth-order valence-electron chi connectivity index (χ4n) is 1.00. The molecule has 0 saturated heterocycles. The van der Waals surface area contributed by atoms with E-state index in [4.69, 9.17) is 9.47 Å². The Balaban J connectivity index is 2.40. The van der Waals surface area contributed by atoms with Crippen LogP contribution in [0.5, 0.6) is 5.75 Å². The van der Waals surface area contributed by atoms with Gasteiger partial charge in [-0.15, -0.1) is 4.91 Å². The Morgan fingerprint density at radius 2 is 2.00 bits per heavy atom. The van der Waals surface area contributed by atoms with Crippen LogP contribution in [-0.4, -0.2) is 12.8 Å². The molecule has 0 spiro atoms. The van der Waals surface area contributed by atoms with Gasteiger partial charge in [0.1, 0.15) is 11.4 Å². The van der Waals surface area contributed by atoms with Crippen molar-refractivity contribution in [3.63, 3.8) is 0 Å². The fourth-order valence-corrected chi connectivity index (χ4v) is 1.00. The molecule has 0 bridgehead atoms. The Bertz CT molecular complexity index is 348. The first kappa shape index (κ1) is 12.2. The largest absolute Gasteiger partial charge is 0.513 e. The number of nitroso groups, excluding NO2 is 1. The van der Waals surface area contributed by atoms with E-state index in [0.29, 0.717) is 12.4 Å². The number of unbranched alkanes of at least 4 members (excludes halogenated alkanes) is 1. The van der Waals surface area contributed by atoms with Crippen LogP contribution in [0.4, 0.5) is 10.5 Å². The van der Waals surface area contributed by atoms with Gasteiger partial charge in [0.2, 0.25) is 0 Å². The predicted molar refractivity (Wildman–Crippen MR) is 58.8 cm³/mol. The highest BCUT2D eigenvalue weighted by atomic mass is 16.7. The van der Waals surface area contributed by atoms with Crippen LogP contribution in [-0.2, 0) is 4.74 Å². The number of benzene rings is 1. The molecule has 0 fully saturated rings. The van der Waals surface area contributed by atoms with Crippen LogP contribution in [0, 0.1) is 4.91 Å². The first-order valence-corrected chi connectivity index (χ1v) is 5.04. The normalized spacial score (nSPS) is 9.56. The molecule has 86 valence electrons. The SMILES string of the molecule is CCCCOC(=O)Oc1ccc(N=O)cc1. The van der Waals surface area contributed by atoms with Gasteiger partial charge in [0.25, 0.3) is 0 Å². The Morgan fingerprint density at radius 3 is 2.56 bits per heavy atom. The molecule has 16 heavy (non-hydrogen) atoms. The molecule has 0 saturated carbocycles. The molecular formula is C11H13NO4. The average molecular weight is 223 g/mol. The molecular weight excluding hydrogens is 210 g/mol. The number of hydrogen-bond donors (Lipinski definition) is 0. The second-order valence-corrected chi connectivity index (χ2v) is 3.14. The van der Waals surface area contributed by atoms with Crippen LogP contribution in [0.3, 0.4) is 0 Å². The number of carbonyl (C=O) groups is 1. The molecule has 0 aliphatic rings. The van der Waals surface area contributed by atoms with Gasteiger partial charge in [-0.1, -0.05) is 13.3 Å². The standard InChI is InChI=1S/C11H13NO4/c1-2-3-8-15-11(13)16-10-6-4-9(12-14)5-7-10/h4-7H,2-3,8H2,1H3. The second kappa shape index (κ2) is 6.55. The fraction of sp³-hybridized carbons (Fsp3) is 0.364. The lowest BCUT2D eigenvalue weighted by Crippen LogP contribution is -2.11. The lowest BCUT2D eigenvalue weighted by atomic mass is 10.3. The minimum atomic E-state index is -0.736. The monoisotopic (exact) mass is 223 g/mol. The van der Waals surface area contributed by atoms with E-state index < -0.39 is 6.16 Å². The van der Waals surface area contributed by atoms with E-state index in [2.05, 4.69) is 5.18 Å². The molecule has 0 aliphatic carbocycles. The molecule has 0 radical (unpaired) electrons. The third-order valence-electron chi connectivity index (χ3n) is 1.86. The summed E-state index contributed by atoms with van der Waals surface area (Å²) >= 11 is 0. The van der Waals surface area contributed by atoms with Crippen LogP contribution in [0.15, 0.2) is 29.4 Å². The van der Waals surface area contributed by atoms with Gasteiger partial charge in [-0.25, -0.2) is 4.79 Å². The summed E-state index contributed by atoms with van der Waals surface area (Å²) < 4.78 is 9.65. The topological polar surface area (TPSA) is 65.0 Å². The van der Waals surface area contributed by atoms with Crippen molar-refractivity contribution in [1.82, 2.24) is 0 Å². The molecule has 0 aliphatic heterocycles. The third kappa shape index (κ3) is 4.08. The predicted octanol–water partition coefficient (Wildman–Crippen LogP) is 3.40. The molecule has 1 rings (SSSR count). The first-order valence-electron chi connectivity index (χ1n) is 5.04. The third-order valence-corrected chi connectivity index (χ3v) is 1.86. The highest BCUT2D eigenvalue weighted by Crippen LogP contribution is 2.17. The van der Waals surface area contributed by atoms with E-state index in [1.54, 1.807) is 0 Å². The zero-order chi connectivity index (χ0) is 11.8. The molecule has 0 amide bonds. The van der Waals surface area contributed by atoms with Crippen molar-refractivity contribution < 1.29 is 14.3 Å². The van der Waals surface area contributed by atoms with E-state index >= 15 is 0 Å². The molecule has 5 nitrogen and oxygen atoms in total. The molecule has 1 aromatic rings. The van der Waals surface area contributed by atoms with Gasteiger partial charge in [-0.3, -0.25) is 0 Å². The Kier molecular flexibility index (Phi) is 4.98. The summed E-state index contributed by atoms with van der Waals surface area (Å²) in [5.74, 6) is 0.328. The van der Waals surface area contributed by atoms with Crippen LogP contribution < -0.4 is 4.74 Å². The second-order valence-electron chi connectivity index (χ2n) is 3.14. The van der Waals surface area contributed by atoms with Crippen LogP contribution in [0.25, 0.3) is 0 Å². The van der Waals surface area contributed by atoms with Crippen LogP contribution in [0.1, 0.15) is 19.8 Å². The lowest BCUT2D eigenvalue weighted by molar-refractivity contribution is 0.0978. The Labute approximate surface area is 93.3 Å². The molecule has 1 aromatic carbocycles. The van der Waals surface area contributed by atoms with Crippen molar-refractivity contribution >= 4 is 11.8 Å². The molecule has 0 N–H and O–H groups in total. The summed E-state index contributed by atoms with van der Waals surface area (Å²) in [6.45, 7) is 2.35. The zero-order valence-electron chi connectivity index (χ0n) is 9.01. The van der Waals surface area contributed by atoms with Crippen LogP contribution in [0.2, 0.25) is 0 Å². The zero-order valence-corrected chi connectivity index (χ0v) is 9.01. The highest BCUT2D eigenvalue weighted by Gasteiger charge is 2.05. The quantitative estimate of drug-likeness (QED) is 0.332. The van der Waals surface area contributed by atoms with Crippen molar-refractivity contribution in [2.45, 2.75) is 19.8 Å². The first-order chi connectivity index (χ1) is 7.76. The van der Waals surface area contributed by atoms with Gasteiger partial charge >= 0.3 is 6.16 Å². The Morgan fingerprint density at radius 1 is 1.31 bits per heavy atom. The summed E-state index contributed by atoms with van der Waals surface area (Å²) in [4.78, 5) is 21.2. The summed E-state index contributed by atoms with van der Waals surface area (Å²) in [6, 6.07) is 5.89. The maximum atomic E-state index is 11.1. The number of hydrogen-bond acceptors (Lipinski definition) is 5. The number of rotatable bonds is 5. The van der Waals surface area contributed by atoms with Crippen molar-refractivity contribution in [1.29, 1.82) is 0 Å². The van der Waals surface area contributed by atoms with Crippen molar-refractivity contribution in [3.05, 3.63) is 29.2 Å². The van der Waals surface area contributed by atoms with Gasteiger partial charge in [0.15, 0.2) is 0 Å². The van der Waals surface area contributed by atoms with Crippen LogP contribution >= 0.6 is 0 Å². The minimum Gasteiger partial charge on any atom is -0.434 e. The summed E-state index contributed by atoms with van der Waals surface area (Å²) in [5.41, 5.74) is 0.284. The van der Waals surface area contributed by atoms with E-state index in [1.807, 2.05) is 6.92 Å². The molecule has 0 atom stereocenters. The van der Waals surface area contributed by atoms with E-state index in [9.17, 15) is 9.70 Å². The van der Waals surface area contributed by atoms with Crippen molar-refractivity contribution in [2.75, 3.05) is 6.61 Å². The van der Waals surface area contributed by atoms with E-state index in [1.165, 1.54) is 24.3 Å².